The molecule has 1 aliphatic rings. The van der Waals surface area contributed by atoms with Crippen LogP contribution >= 0.6 is 0 Å². The normalized spacial score (nSPS) is 23.2. The number of aliphatic hydroxyl groups excluding tert-OH is 1. The Morgan fingerprint density at radius 3 is 3.00 bits per heavy atom. The van der Waals surface area contributed by atoms with Crippen molar-refractivity contribution < 1.29 is 19.3 Å². The van der Waals surface area contributed by atoms with Gasteiger partial charge in [-0.2, -0.15) is 0 Å². The third-order valence-corrected chi connectivity index (χ3v) is 2.59. The second-order valence-corrected chi connectivity index (χ2v) is 3.93. The molecular weight excluding hydrogens is 196 g/mol. The van der Waals surface area contributed by atoms with E-state index in [1.807, 2.05) is 0 Å². The van der Waals surface area contributed by atoms with Gasteiger partial charge in [-0.3, -0.25) is 0 Å². The largest absolute Gasteiger partial charge is 0.391 e. The quantitative estimate of drug-likeness (QED) is 0.617. The van der Waals surface area contributed by atoms with Crippen LogP contribution in [0.2, 0.25) is 0 Å². The molecule has 1 saturated heterocycles. The van der Waals surface area contributed by atoms with Crippen LogP contribution in [0, 0.1) is 0 Å². The van der Waals surface area contributed by atoms with Crippen molar-refractivity contribution in [1.82, 2.24) is 0 Å². The maximum atomic E-state index is 9.59. The zero-order chi connectivity index (χ0) is 10.9. The predicted molar refractivity (Wildman–Crippen MR) is 56.9 cm³/mol. The van der Waals surface area contributed by atoms with Crippen molar-refractivity contribution in [3.63, 3.8) is 0 Å². The van der Waals surface area contributed by atoms with Crippen molar-refractivity contribution in [3.05, 3.63) is 0 Å². The summed E-state index contributed by atoms with van der Waals surface area (Å²) < 4.78 is 15.5. The van der Waals surface area contributed by atoms with E-state index < -0.39 is 0 Å². The van der Waals surface area contributed by atoms with Gasteiger partial charge < -0.3 is 19.3 Å². The van der Waals surface area contributed by atoms with Crippen molar-refractivity contribution in [3.8, 4) is 0 Å². The van der Waals surface area contributed by atoms with Crippen molar-refractivity contribution in [1.29, 1.82) is 0 Å². The minimum absolute atomic E-state index is 0.360. The van der Waals surface area contributed by atoms with Crippen LogP contribution < -0.4 is 0 Å². The minimum atomic E-state index is -0.369. The van der Waals surface area contributed by atoms with Crippen LogP contribution in [0.5, 0.6) is 0 Å². The fourth-order valence-electron chi connectivity index (χ4n) is 1.70. The summed E-state index contributed by atoms with van der Waals surface area (Å²) in [5, 5.41) is 9.59. The minimum Gasteiger partial charge on any atom is -0.391 e. The van der Waals surface area contributed by atoms with E-state index in [0.29, 0.717) is 25.9 Å². The first kappa shape index (κ1) is 12.9. The maximum Gasteiger partial charge on any atom is 0.0774 e. The molecule has 90 valence electrons. The van der Waals surface area contributed by atoms with Crippen LogP contribution in [0.3, 0.4) is 0 Å². The van der Waals surface area contributed by atoms with Crippen LogP contribution in [0.25, 0.3) is 0 Å². The second-order valence-electron chi connectivity index (χ2n) is 3.93. The Hall–Kier alpha value is -0.160. The number of hydrogen-bond acceptors (Lipinski definition) is 4. The highest BCUT2D eigenvalue weighted by molar-refractivity contribution is 4.67. The van der Waals surface area contributed by atoms with Crippen LogP contribution in [0.4, 0.5) is 0 Å². The van der Waals surface area contributed by atoms with Gasteiger partial charge in [-0.1, -0.05) is 0 Å². The van der Waals surface area contributed by atoms with Gasteiger partial charge in [-0.25, -0.2) is 0 Å². The Bertz CT molecular complexity index is 146. The van der Waals surface area contributed by atoms with Crippen LogP contribution in [0.1, 0.15) is 25.7 Å². The molecule has 4 nitrogen and oxygen atoms in total. The maximum absolute atomic E-state index is 9.59. The topological polar surface area (TPSA) is 47.9 Å². The van der Waals surface area contributed by atoms with E-state index in [4.69, 9.17) is 14.2 Å². The number of ether oxygens (including phenoxy) is 3. The van der Waals surface area contributed by atoms with Crippen LogP contribution in [0.15, 0.2) is 0 Å². The van der Waals surface area contributed by atoms with E-state index in [-0.39, 0.29) is 6.10 Å². The molecule has 0 amide bonds. The first-order valence-corrected chi connectivity index (χ1v) is 5.69. The summed E-state index contributed by atoms with van der Waals surface area (Å²) in [6.45, 7) is 2.41. The molecule has 0 aromatic carbocycles. The average Bonchev–Trinajstić information content (AvgIpc) is 2.74. The lowest BCUT2D eigenvalue weighted by Crippen LogP contribution is -2.19. The molecule has 0 spiro atoms. The van der Waals surface area contributed by atoms with Crippen LogP contribution in [-0.2, 0) is 14.2 Å². The molecule has 0 aromatic heterocycles. The molecule has 2 atom stereocenters. The van der Waals surface area contributed by atoms with E-state index in [1.54, 1.807) is 7.11 Å². The number of hydrogen-bond donors (Lipinski definition) is 1. The van der Waals surface area contributed by atoms with Gasteiger partial charge in [0.05, 0.1) is 32.0 Å². The molecule has 1 fully saturated rings. The van der Waals surface area contributed by atoms with Crippen molar-refractivity contribution in [2.24, 2.45) is 0 Å². The Kier molecular flexibility index (Phi) is 6.92. The molecule has 1 rings (SSSR count). The highest BCUT2D eigenvalue weighted by Crippen LogP contribution is 2.17. The van der Waals surface area contributed by atoms with E-state index >= 15 is 0 Å². The molecule has 0 aromatic rings. The first-order chi connectivity index (χ1) is 7.33. The molecule has 4 heteroatoms. The van der Waals surface area contributed by atoms with Gasteiger partial charge in [0.1, 0.15) is 0 Å². The Morgan fingerprint density at radius 2 is 2.33 bits per heavy atom. The summed E-state index contributed by atoms with van der Waals surface area (Å²) in [6, 6.07) is 0. The Balaban J connectivity index is 1.90. The lowest BCUT2D eigenvalue weighted by atomic mass is 10.1. The summed E-state index contributed by atoms with van der Waals surface area (Å²) in [4.78, 5) is 0. The van der Waals surface area contributed by atoms with Gasteiger partial charge in [0.15, 0.2) is 0 Å². The zero-order valence-electron chi connectivity index (χ0n) is 9.48. The average molecular weight is 218 g/mol. The standard InChI is InChI=1S/C11H22O4/c1-13-7-8-14-9-10(12)4-5-11-3-2-6-15-11/h10-12H,2-9H2,1H3. The summed E-state index contributed by atoms with van der Waals surface area (Å²) in [6.07, 6.45) is 3.99. The summed E-state index contributed by atoms with van der Waals surface area (Å²) in [7, 11) is 1.64. The van der Waals surface area contributed by atoms with Gasteiger partial charge >= 0.3 is 0 Å². The third kappa shape index (κ3) is 6.10. The lowest BCUT2D eigenvalue weighted by molar-refractivity contribution is 0.00299. The van der Waals surface area contributed by atoms with Gasteiger partial charge in [-0.05, 0) is 25.7 Å². The molecule has 0 aliphatic carbocycles. The van der Waals surface area contributed by atoms with Crippen LogP contribution in [-0.4, -0.2) is 50.9 Å². The number of methoxy groups -OCH3 is 1. The SMILES string of the molecule is COCCOCC(O)CCC1CCCO1. The highest BCUT2D eigenvalue weighted by atomic mass is 16.5. The highest BCUT2D eigenvalue weighted by Gasteiger charge is 2.16. The molecule has 2 unspecified atom stereocenters. The number of rotatable bonds is 8. The fourth-order valence-corrected chi connectivity index (χ4v) is 1.70. The summed E-state index contributed by atoms with van der Waals surface area (Å²) in [5.74, 6) is 0. The molecule has 0 saturated carbocycles. The Morgan fingerprint density at radius 1 is 1.47 bits per heavy atom. The fraction of sp³-hybridized carbons (Fsp3) is 1.00. The van der Waals surface area contributed by atoms with Gasteiger partial charge in [0, 0.05) is 13.7 Å². The Labute approximate surface area is 91.5 Å². The summed E-state index contributed by atoms with van der Waals surface area (Å²) in [5.41, 5.74) is 0. The van der Waals surface area contributed by atoms with E-state index in [0.717, 1.165) is 32.3 Å². The molecule has 1 heterocycles. The molecule has 1 aliphatic heterocycles. The van der Waals surface area contributed by atoms with Crippen molar-refractivity contribution >= 4 is 0 Å². The van der Waals surface area contributed by atoms with E-state index in [1.165, 1.54) is 0 Å². The monoisotopic (exact) mass is 218 g/mol. The third-order valence-electron chi connectivity index (χ3n) is 2.59. The zero-order valence-corrected chi connectivity index (χ0v) is 9.48. The van der Waals surface area contributed by atoms with Crippen molar-refractivity contribution in [2.45, 2.75) is 37.9 Å². The van der Waals surface area contributed by atoms with E-state index in [2.05, 4.69) is 0 Å². The molecule has 1 N–H and O–H groups in total. The summed E-state index contributed by atoms with van der Waals surface area (Å²) >= 11 is 0. The molecular formula is C11H22O4. The molecule has 0 bridgehead atoms. The van der Waals surface area contributed by atoms with Gasteiger partial charge in [0.2, 0.25) is 0 Å². The second kappa shape index (κ2) is 8.05. The van der Waals surface area contributed by atoms with E-state index in [9.17, 15) is 5.11 Å². The van der Waals surface area contributed by atoms with Gasteiger partial charge in [-0.15, -0.1) is 0 Å². The number of aliphatic hydroxyl groups is 1. The predicted octanol–water partition coefficient (Wildman–Crippen LogP) is 0.969. The van der Waals surface area contributed by atoms with Crippen molar-refractivity contribution in [2.75, 3.05) is 33.5 Å². The molecule has 0 radical (unpaired) electrons. The van der Waals surface area contributed by atoms with Gasteiger partial charge in [0.25, 0.3) is 0 Å². The smallest absolute Gasteiger partial charge is 0.0774 e. The molecule has 15 heavy (non-hydrogen) atoms. The lowest BCUT2D eigenvalue weighted by Gasteiger charge is -2.13. The first-order valence-electron chi connectivity index (χ1n) is 5.69.